The third kappa shape index (κ3) is 7.03. The Morgan fingerprint density at radius 1 is 1.12 bits per heavy atom. The van der Waals surface area contributed by atoms with Gasteiger partial charge in [-0.15, -0.1) is 0 Å². The van der Waals surface area contributed by atoms with Gasteiger partial charge in [-0.1, -0.05) is 44.2 Å². The number of hydrogen-bond acceptors (Lipinski definition) is 9. The van der Waals surface area contributed by atoms with Crippen LogP contribution in [0.1, 0.15) is 64.8 Å². The quantitative estimate of drug-likeness (QED) is 0.329. The molecule has 0 saturated carbocycles. The Balaban J connectivity index is 1.76. The van der Waals surface area contributed by atoms with E-state index < -0.39 is 72.0 Å². The lowest BCUT2D eigenvalue weighted by atomic mass is 9.82. The van der Waals surface area contributed by atoms with Gasteiger partial charge in [0.25, 0.3) is 5.91 Å². The van der Waals surface area contributed by atoms with Gasteiger partial charge in [0, 0.05) is 11.9 Å². The summed E-state index contributed by atoms with van der Waals surface area (Å²) in [5, 5.41) is 28.1. The summed E-state index contributed by atoms with van der Waals surface area (Å²) in [6.45, 7) is 7.80. The van der Waals surface area contributed by atoms with Crippen LogP contribution in [-0.2, 0) is 23.9 Å². The number of carbonyl (C=O) groups excluding carboxylic acids is 4. The lowest BCUT2D eigenvalue weighted by Gasteiger charge is -2.35. The summed E-state index contributed by atoms with van der Waals surface area (Å²) in [7, 11) is 0. The van der Waals surface area contributed by atoms with Gasteiger partial charge in [0.2, 0.25) is 11.8 Å². The number of aliphatic hydroxyl groups is 2. The fourth-order valence-electron chi connectivity index (χ4n) is 5.05. The number of cyclic esters (lactones) is 1. The number of nitrogens with zero attached hydrogens (tertiary/aromatic N) is 2. The standard InChI is InChI=1S/C31H41N5O7/c1-17(2)26-27(39)33-25(16-37)28(40)36-14-6-7-23(35-36)29(41)43-18(3)22-11-10-21-9-8-20(15-24(21)32-22)12-13-31(5,19(4)38)30(42)34-26/h8-13,15,17-19,23,25-26,35,37-38H,6-7,14,16H2,1-5H3,(H,33,39)(H,34,42)/b13-12+/t18-,19?,23+,25+,26+,31?/m1/s1. The van der Waals surface area contributed by atoms with E-state index in [0.29, 0.717) is 24.1 Å². The Kier molecular flexibility index (Phi) is 9.83. The largest absolute Gasteiger partial charge is 0.455 e. The molecule has 232 valence electrons. The molecule has 2 aromatic rings. The summed E-state index contributed by atoms with van der Waals surface area (Å²) in [5.41, 5.74) is 3.37. The number of aromatic nitrogens is 1. The van der Waals surface area contributed by atoms with E-state index in [-0.39, 0.29) is 6.54 Å². The zero-order valence-corrected chi connectivity index (χ0v) is 25.2. The van der Waals surface area contributed by atoms with Crippen LogP contribution in [0.3, 0.4) is 0 Å². The molecule has 2 aliphatic rings. The lowest BCUT2D eigenvalue weighted by molar-refractivity contribution is -0.157. The van der Waals surface area contributed by atoms with E-state index in [1.54, 1.807) is 45.9 Å². The summed E-state index contributed by atoms with van der Waals surface area (Å²) in [4.78, 5) is 58.1. The molecule has 2 unspecified atom stereocenters. The number of benzene rings is 1. The number of aliphatic hydroxyl groups excluding tert-OH is 2. The Morgan fingerprint density at radius 3 is 2.51 bits per heavy atom. The Labute approximate surface area is 250 Å². The topological polar surface area (TPSA) is 170 Å². The molecule has 0 spiro atoms. The first-order valence-corrected chi connectivity index (χ1v) is 14.6. The molecule has 12 heteroatoms. The third-order valence-electron chi connectivity index (χ3n) is 8.20. The summed E-state index contributed by atoms with van der Waals surface area (Å²) in [6.07, 6.45) is 2.41. The number of rotatable bonds is 3. The lowest BCUT2D eigenvalue weighted by Crippen LogP contribution is -2.62. The minimum Gasteiger partial charge on any atom is -0.455 e. The van der Waals surface area contributed by atoms with E-state index in [2.05, 4.69) is 16.1 Å². The van der Waals surface area contributed by atoms with Crippen LogP contribution in [0.5, 0.6) is 0 Å². The van der Waals surface area contributed by atoms with Crippen molar-refractivity contribution in [2.24, 2.45) is 11.3 Å². The van der Waals surface area contributed by atoms with Crippen molar-refractivity contribution >= 4 is 40.7 Å². The number of esters is 1. The first kappa shape index (κ1) is 32.1. The van der Waals surface area contributed by atoms with Crippen molar-refractivity contribution in [3.63, 3.8) is 0 Å². The fourth-order valence-corrected chi connectivity index (χ4v) is 5.05. The van der Waals surface area contributed by atoms with Crippen molar-refractivity contribution in [3.8, 4) is 0 Å². The monoisotopic (exact) mass is 595 g/mol. The second-order valence-electron chi connectivity index (χ2n) is 11.8. The molecular weight excluding hydrogens is 554 g/mol. The van der Waals surface area contributed by atoms with Crippen LogP contribution >= 0.6 is 0 Å². The summed E-state index contributed by atoms with van der Waals surface area (Å²) in [5.74, 6) is -2.84. The molecule has 0 aliphatic carbocycles. The molecule has 1 aromatic heterocycles. The minimum absolute atomic E-state index is 0.253. The van der Waals surface area contributed by atoms with Gasteiger partial charge in [-0.3, -0.25) is 24.2 Å². The van der Waals surface area contributed by atoms with Gasteiger partial charge in [0.05, 0.1) is 29.3 Å². The van der Waals surface area contributed by atoms with Crippen molar-refractivity contribution in [3.05, 3.63) is 47.7 Å². The molecule has 43 heavy (non-hydrogen) atoms. The highest BCUT2D eigenvalue weighted by Crippen LogP contribution is 2.28. The Morgan fingerprint density at radius 2 is 1.84 bits per heavy atom. The van der Waals surface area contributed by atoms with E-state index in [4.69, 9.17) is 9.72 Å². The van der Waals surface area contributed by atoms with Crippen LogP contribution in [0.4, 0.5) is 0 Å². The van der Waals surface area contributed by atoms with Gasteiger partial charge in [0.1, 0.15) is 24.2 Å². The van der Waals surface area contributed by atoms with E-state index in [0.717, 1.165) is 10.9 Å². The van der Waals surface area contributed by atoms with Crippen LogP contribution in [0.25, 0.3) is 17.0 Å². The van der Waals surface area contributed by atoms with Gasteiger partial charge in [0.15, 0.2) is 0 Å². The Bertz CT molecular complexity index is 1410. The van der Waals surface area contributed by atoms with Crippen LogP contribution < -0.4 is 16.1 Å². The molecule has 3 heterocycles. The molecule has 1 saturated heterocycles. The summed E-state index contributed by atoms with van der Waals surface area (Å²) < 4.78 is 5.72. The van der Waals surface area contributed by atoms with Crippen molar-refractivity contribution < 1.29 is 34.1 Å². The molecule has 5 bridgehead atoms. The molecule has 6 atom stereocenters. The van der Waals surface area contributed by atoms with Crippen molar-refractivity contribution in [2.75, 3.05) is 13.2 Å². The smallest absolute Gasteiger partial charge is 0.325 e. The van der Waals surface area contributed by atoms with Gasteiger partial charge >= 0.3 is 5.97 Å². The molecular formula is C31H41N5O7. The molecule has 1 fully saturated rings. The van der Waals surface area contributed by atoms with Crippen LogP contribution in [0, 0.1) is 11.3 Å². The maximum atomic E-state index is 13.6. The number of ether oxygens (including phenoxy) is 1. The molecule has 12 nitrogen and oxygen atoms in total. The van der Waals surface area contributed by atoms with E-state index in [1.807, 2.05) is 24.3 Å². The maximum absolute atomic E-state index is 13.6. The van der Waals surface area contributed by atoms with Crippen molar-refractivity contribution in [2.45, 2.75) is 77.8 Å². The van der Waals surface area contributed by atoms with E-state index in [1.165, 1.54) is 11.9 Å². The van der Waals surface area contributed by atoms with Crippen LogP contribution in [0.15, 0.2) is 36.4 Å². The van der Waals surface area contributed by atoms with Crippen molar-refractivity contribution in [1.29, 1.82) is 0 Å². The van der Waals surface area contributed by atoms with Gasteiger partial charge in [-0.25, -0.2) is 10.4 Å². The highest BCUT2D eigenvalue weighted by Gasteiger charge is 2.40. The zero-order valence-electron chi connectivity index (χ0n) is 25.2. The normalized spacial score (nSPS) is 29.2. The highest BCUT2D eigenvalue weighted by atomic mass is 16.5. The zero-order chi connectivity index (χ0) is 31.5. The number of amides is 3. The SMILES string of the molecule is CC(C)[C@@H]1NC(=O)C(C)(C(C)O)/C=C/c2ccc3ccc(nc3c2)[C@@H](C)OC(=O)[C@@H]2CCCN(N2)C(=O)[C@H](CO)NC1=O. The molecule has 2 aliphatic heterocycles. The number of hydrazine groups is 1. The highest BCUT2D eigenvalue weighted by molar-refractivity contribution is 5.94. The van der Waals surface area contributed by atoms with E-state index in [9.17, 15) is 29.4 Å². The van der Waals surface area contributed by atoms with Gasteiger partial charge in [-0.2, -0.15) is 0 Å². The van der Waals surface area contributed by atoms with Gasteiger partial charge in [-0.05, 0) is 57.2 Å². The van der Waals surface area contributed by atoms with Crippen LogP contribution in [-0.4, -0.2) is 81.3 Å². The first-order valence-electron chi connectivity index (χ1n) is 14.6. The second kappa shape index (κ2) is 13.2. The summed E-state index contributed by atoms with van der Waals surface area (Å²) >= 11 is 0. The molecule has 1 aromatic carbocycles. The second-order valence-corrected chi connectivity index (χ2v) is 11.8. The molecule has 4 rings (SSSR count). The number of hydrogen-bond donors (Lipinski definition) is 5. The number of carbonyl (C=O) groups is 4. The number of pyridine rings is 1. The fraction of sp³-hybridized carbons (Fsp3) is 0.516. The number of fused-ring (bicyclic) bond motifs is 4. The predicted octanol–water partition coefficient (Wildman–Crippen LogP) is 1.37. The average Bonchev–Trinajstić information content (AvgIpc) is 2.99. The maximum Gasteiger partial charge on any atom is 0.325 e. The molecule has 5 N–H and O–H groups in total. The Hall–Kier alpha value is -3.87. The van der Waals surface area contributed by atoms with Crippen molar-refractivity contribution in [1.82, 2.24) is 26.1 Å². The van der Waals surface area contributed by atoms with Crippen LogP contribution in [0.2, 0.25) is 0 Å². The average molecular weight is 596 g/mol. The number of nitrogens with one attached hydrogen (secondary N) is 3. The third-order valence-corrected chi connectivity index (χ3v) is 8.20. The predicted molar refractivity (Wildman–Crippen MR) is 159 cm³/mol. The van der Waals surface area contributed by atoms with E-state index >= 15 is 0 Å². The molecule has 3 amide bonds. The minimum atomic E-state index is -1.42. The van der Waals surface area contributed by atoms with Gasteiger partial charge < -0.3 is 25.6 Å². The summed E-state index contributed by atoms with van der Waals surface area (Å²) in [6, 6.07) is 6.01. The first-order chi connectivity index (χ1) is 20.3. The molecule has 0 radical (unpaired) electrons.